The molecule has 0 aliphatic heterocycles. The van der Waals surface area contributed by atoms with Crippen molar-refractivity contribution >= 4 is 0 Å². The molecular formula is C15H35N2Ta2-. The van der Waals surface area contributed by atoms with Crippen LogP contribution in [0.2, 0.25) is 0 Å². The van der Waals surface area contributed by atoms with E-state index in [1.165, 1.54) is 25.2 Å². The summed E-state index contributed by atoms with van der Waals surface area (Å²) in [5, 5.41) is 8.11. The van der Waals surface area contributed by atoms with Gasteiger partial charge in [0.05, 0.1) is 0 Å². The average molecular weight is 605 g/mol. The molecule has 0 N–H and O–H groups in total. The average Bonchev–Trinajstić information content (AvgIpc) is 2.26. The van der Waals surface area contributed by atoms with E-state index in [2.05, 4.69) is 59.1 Å². The quantitative estimate of drug-likeness (QED) is 0.366. The zero-order valence-corrected chi connectivity index (χ0v) is 21.0. The van der Waals surface area contributed by atoms with Crippen molar-refractivity contribution in [2.45, 2.75) is 73.3 Å². The summed E-state index contributed by atoms with van der Waals surface area (Å²) in [5.74, 6) is 1.42. The van der Waals surface area contributed by atoms with Crippen LogP contribution in [0, 0.1) is 5.92 Å². The van der Waals surface area contributed by atoms with Gasteiger partial charge in [0.25, 0.3) is 0 Å². The van der Waals surface area contributed by atoms with E-state index >= 15 is 0 Å². The van der Waals surface area contributed by atoms with Crippen molar-refractivity contribution in [1.82, 2.24) is 0 Å². The Hall–Kier alpha value is 1.40. The number of rotatable bonds is 5. The van der Waals surface area contributed by atoms with Crippen molar-refractivity contribution in [3.05, 3.63) is 16.6 Å². The molecule has 0 heterocycles. The second-order valence-corrected chi connectivity index (χ2v) is 4.71. The first-order valence-electron chi connectivity index (χ1n) is 6.82. The molecule has 4 heteroatoms. The second kappa shape index (κ2) is 24.4. The van der Waals surface area contributed by atoms with E-state index < -0.39 is 0 Å². The van der Waals surface area contributed by atoms with Gasteiger partial charge < -0.3 is 16.6 Å². The molecule has 0 aliphatic carbocycles. The Kier molecular flexibility index (Phi) is 41.6. The van der Waals surface area contributed by atoms with Gasteiger partial charge >= 0.3 is 22.4 Å². The minimum atomic E-state index is 0. The SMILES string of the molecule is CC[N-]C(CC)(CC)CC.C[C-](C)C.C[N-]C.[Ta+2].[Ta]. The molecule has 0 unspecified atom stereocenters. The van der Waals surface area contributed by atoms with Crippen LogP contribution in [0.25, 0.3) is 10.6 Å². The maximum absolute atomic E-state index is 4.61. The maximum atomic E-state index is 4.61. The molecule has 0 aromatic heterocycles. The van der Waals surface area contributed by atoms with Crippen LogP contribution in [0.5, 0.6) is 0 Å². The van der Waals surface area contributed by atoms with E-state index in [1.807, 2.05) is 0 Å². The molecule has 2 nitrogen and oxygen atoms in total. The van der Waals surface area contributed by atoms with Gasteiger partial charge in [-0.25, -0.2) is 0 Å². The molecule has 0 saturated heterocycles. The predicted molar refractivity (Wildman–Crippen MR) is 83.0 cm³/mol. The van der Waals surface area contributed by atoms with Crippen molar-refractivity contribution in [2.75, 3.05) is 20.6 Å². The van der Waals surface area contributed by atoms with Gasteiger partial charge in [-0.05, 0) is 0 Å². The molecule has 0 aromatic carbocycles. The van der Waals surface area contributed by atoms with Gasteiger partial charge in [-0.1, -0.05) is 47.0 Å². The standard InChI is InChI=1S/C9H20N.C4H9.C2H6N.2Ta/c1-5-9(6-2,7-3)10-8-4;1-4(2)3;1-3-2;;/h5-8H2,1-4H3;1-3H3;1-2H3;;/q3*-1;;+2. The smallest absolute Gasteiger partial charge is 0.668 e. The zero-order chi connectivity index (χ0) is 14.3. The van der Waals surface area contributed by atoms with Crippen LogP contribution >= 0.6 is 0 Å². The van der Waals surface area contributed by atoms with Gasteiger partial charge in [-0.3, -0.25) is 0 Å². The van der Waals surface area contributed by atoms with Crippen molar-refractivity contribution in [1.29, 1.82) is 0 Å². The third-order valence-electron chi connectivity index (χ3n) is 2.47. The molecule has 0 spiro atoms. The third kappa shape index (κ3) is 28.3. The molecule has 0 rings (SSSR count). The van der Waals surface area contributed by atoms with E-state index in [0.29, 0.717) is 5.54 Å². The predicted octanol–water partition coefficient (Wildman–Crippen LogP) is 5.58. The monoisotopic (exact) mass is 605 g/mol. The first-order valence-corrected chi connectivity index (χ1v) is 6.82. The van der Waals surface area contributed by atoms with E-state index in [-0.39, 0.29) is 44.8 Å². The Morgan fingerprint density at radius 1 is 0.842 bits per heavy atom. The van der Waals surface area contributed by atoms with Crippen LogP contribution in [-0.2, 0) is 44.8 Å². The first-order chi connectivity index (χ1) is 7.89. The third-order valence-corrected chi connectivity index (χ3v) is 2.47. The van der Waals surface area contributed by atoms with E-state index in [9.17, 15) is 0 Å². The molecule has 0 bridgehead atoms. The molecule has 19 heavy (non-hydrogen) atoms. The Morgan fingerprint density at radius 3 is 1.11 bits per heavy atom. The van der Waals surface area contributed by atoms with Gasteiger partial charge in [-0.2, -0.15) is 41.4 Å². The van der Waals surface area contributed by atoms with E-state index in [1.54, 1.807) is 14.1 Å². The summed E-state index contributed by atoms with van der Waals surface area (Å²) in [5.41, 5.74) is 0.300. The Bertz CT molecular complexity index is 116. The van der Waals surface area contributed by atoms with Crippen LogP contribution in [-0.4, -0.2) is 26.2 Å². The van der Waals surface area contributed by atoms with Crippen LogP contribution < -0.4 is 0 Å². The van der Waals surface area contributed by atoms with Gasteiger partial charge in [-0.15, -0.1) is 5.54 Å². The molecule has 0 aliphatic rings. The van der Waals surface area contributed by atoms with Crippen molar-refractivity contribution in [3.8, 4) is 0 Å². The topological polar surface area (TPSA) is 28.2 Å². The fraction of sp³-hybridized carbons (Fsp3) is 0.933. The summed E-state index contributed by atoms with van der Waals surface area (Å²) in [4.78, 5) is 0. The summed E-state index contributed by atoms with van der Waals surface area (Å²) in [6.07, 6.45) is 3.57. The van der Waals surface area contributed by atoms with Crippen LogP contribution in [0.15, 0.2) is 0 Å². The zero-order valence-electron chi connectivity index (χ0n) is 14.6. The first kappa shape index (κ1) is 32.4. The largest absolute Gasteiger partial charge is 2.00 e. The molecular weight excluding hydrogens is 570 g/mol. The molecule has 0 amide bonds. The fourth-order valence-electron chi connectivity index (χ4n) is 1.42. The summed E-state index contributed by atoms with van der Waals surface area (Å²) in [6.45, 7) is 16.0. The fourth-order valence-corrected chi connectivity index (χ4v) is 1.42. The minimum Gasteiger partial charge on any atom is -0.668 e. The summed E-state index contributed by atoms with van der Waals surface area (Å²) < 4.78 is 0. The van der Waals surface area contributed by atoms with Crippen molar-refractivity contribution in [3.63, 3.8) is 0 Å². The van der Waals surface area contributed by atoms with Gasteiger partial charge in [0, 0.05) is 22.4 Å². The molecule has 2 radical (unpaired) electrons. The number of hydrogen-bond donors (Lipinski definition) is 0. The van der Waals surface area contributed by atoms with Crippen molar-refractivity contribution in [2.24, 2.45) is 0 Å². The molecule has 0 atom stereocenters. The van der Waals surface area contributed by atoms with Gasteiger partial charge in [0.2, 0.25) is 0 Å². The maximum Gasteiger partial charge on any atom is 2.00 e. The number of hydrogen-bond acceptors (Lipinski definition) is 0. The van der Waals surface area contributed by atoms with E-state index in [4.69, 9.17) is 0 Å². The second-order valence-electron chi connectivity index (χ2n) is 4.71. The van der Waals surface area contributed by atoms with Crippen LogP contribution in [0.1, 0.15) is 67.7 Å². The normalized spacial score (nSPS) is 9.16. The Morgan fingerprint density at radius 2 is 1.05 bits per heavy atom. The molecule has 0 fully saturated rings. The summed E-state index contributed by atoms with van der Waals surface area (Å²) in [6, 6.07) is 0. The van der Waals surface area contributed by atoms with Crippen LogP contribution in [0.3, 0.4) is 0 Å². The van der Waals surface area contributed by atoms with Gasteiger partial charge in [0.1, 0.15) is 0 Å². The molecule has 116 valence electrons. The van der Waals surface area contributed by atoms with Gasteiger partial charge in [0.15, 0.2) is 0 Å². The van der Waals surface area contributed by atoms with Crippen molar-refractivity contribution < 1.29 is 44.8 Å². The molecule has 0 aromatic rings. The Labute approximate surface area is 154 Å². The van der Waals surface area contributed by atoms with Crippen LogP contribution in [0.4, 0.5) is 0 Å². The number of nitrogens with zero attached hydrogens (tertiary/aromatic N) is 2. The minimum absolute atomic E-state index is 0. The van der Waals surface area contributed by atoms with E-state index in [0.717, 1.165) is 6.54 Å². The molecule has 0 saturated carbocycles. The summed E-state index contributed by atoms with van der Waals surface area (Å²) >= 11 is 0. The Balaban J connectivity index is -0.0000000618. The summed E-state index contributed by atoms with van der Waals surface area (Å²) in [7, 11) is 3.50.